The second kappa shape index (κ2) is 5.57. The molecule has 0 aromatic carbocycles. The van der Waals surface area contributed by atoms with Crippen molar-refractivity contribution in [3.05, 3.63) is 0 Å². The van der Waals surface area contributed by atoms with E-state index in [0.29, 0.717) is 5.04 Å². The summed E-state index contributed by atoms with van der Waals surface area (Å²) >= 11 is 1.35. The molecular weight excluding hydrogens is 224 g/mol. The van der Waals surface area contributed by atoms with Gasteiger partial charge in [0, 0.05) is 7.05 Å². The van der Waals surface area contributed by atoms with Crippen LogP contribution < -0.4 is 5.32 Å². The Morgan fingerprint density at radius 1 is 1.50 bits per heavy atom. The van der Waals surface area contributed by atoms with Crippen molar-refractivity contribution in [1.82, 2.24) is 5.32 Å². The molecule has 1 fully saturated rings. The van der Waals surface area contributed by atoms with Gasteiger partial charge < -0.3 is 10.5 Å². The monoisotopic (exact) mass is 244 g/mol. The minimum absolute atomic E-state index is 0.0495. The molecule has 0 heterocycles. The third-order valence-electron chi connectivity index (χ3n) is 3.51. The molecule has 92 valence electrons. The van der Waals surface area contributed by atoms with Crippen LogP contribution in [-0.4, -0.2) is 29.5 Å². The highest BCUT2D eigenvalue weighted by Crippen LogP contribution is 2.45. The Morgan fingerprint density at radius 3 is 2.44 bits per heavy atom. The maximum Gasteiger partial charge on any atom is 0.230 e. The van der Waals surface area contributed by atoms with Crippen LogP contribution in [0.4, 0.5) is 0 Å². The molecule has 1 amide bonds. The van der Waals surface area contributed by atoms with Crippen molar-refractivity contribution in [2.75, 3.05) is 13.3 Å². The van der Waals surface area contributed by atoms with Gasteiger partial charge in [-0.15, -0.1) is 11.8 Å². The van der Waals surface area contributed by atoms with E-state index >= 15 is 0 Å². The first-order valence-electron chi connectivity index (χ1n) is 5.56. The summed E-state index contributed by atoms with van der Waals surface area (Å²) in [5.74, 6) is -0.369. The summed E-state index contributed by atoms with van der Waals surface area (Å²) in [4.78, 5) is 11.9. The Bertz CT molecular complexity index is 286. The lowest BCUT2D eigenvalue weighted by Crippen LogP contribution is -2.42. The van der Waals surface area contributed by atoms with Gasteiger partial charge in [-0.1, -0.05) is 24.9 Å². The van der Waals surface area contributed by atoms with Crippen LogP contribution in [0.2, 0.25) is 0 Å². The van der Waals surface area contributed by atoms with Gasteiger partial charge in [0.05, 0.1) is 5.92 Å². The van der Waals surface area contributed by atoms with Crippen molar-refractivity contribution in [1.29, 1.82) is 0 Å². The quantitative estimate of drug-likeness (QED) is 0.346. The van der Waals surface area contributed by atoms with Gasteiger partial charge >= 0.3 is 0 Å². The van der Waals surface area contributed by atoms with E-state index in [9.17, 15) is 4.79 Å². The smallest absolute Gasteiger partial charge is 0.230 e. The van der Waals surface area contributed by atoms with Crippen molar-refractivity contribution in [2.45, 2.75) is 32.6 Å². The number of amides is 1. The van der Waals surface area contributed by atoms with Crippen LogP contribution in [0, 0.1) is 11.3 Å². The molecule has 1 aliphatic carbocycles. The molecule has 0 bridgehead atoms. The second-order valence-electron chi connectivity index (χ2n) is 4.55. The lowest BCUT2D eigenvalue weighted by Gasteiger charge is -2.32. The van der Waals surface area contributed by atoms with Crippen molar-refractivity contribution in [3.8, 4) is 0 Å². The molecule has 4 nitrogen and oxygen atoms in total. The van der Waals surface area contributed by atoms with Gasteiger partial charge in [0.15, 0.2) is 0 Å². The molecule has 0 radical (unpaired) electrons. The number of carbonyl (C=O) groups excluding carboxylic acids is 1. The molecule has 1 unspecified atom stereocenters. The van der Waals surface area contributed by atoms with Gasteiger partial charge in [-0.3, -0.25) is 4.79 Å². The summed E-state index contributed by atoms with van der Waals surface area (Å²) in [6.45, 7) is 2.11. The Morgan fingerprint density at radius 2 is 2.06 bits per heavy atom. The first-order chi connectivity index (χ1) is 7.59. The molecule has 5 heteroatoms. The standard InChI is InChI=1S/C11H20N2O2S/c1-11(6-4-5-7-11)8(9(14)12-2)10(13-15)16-3/h8,15H,4-7H2,1-3H3,(H,12,14). The average Bonchev–Trinajstić information content (AvgIpc) is 2.72. The third-order valence-corrected chi connectivity index (χ3v) is 4.24. The van der Waals surface area contributed by atoms with Crippen LogP contribution in [0.1, 0.15) is 32.6 Å². The van der Waals surface area contributed by atoms with Crippen LogP contribution in [0.5, 0.6) is 0 Å². The van der Waals surface area contributed by atoms with E-state index in [1.807, 2.05) is 6.26 Å². The van der Waals surface area contributed by atoms with Crippen molar-refractivity contribution >= 4 is 22.7 Å². The molecule has 1 atom stereocenters. The molecule has 0 aromatic heterocycles. The maximum atomic E-state index is 11.9. The topological polar surface area (TPSA) is 61.7 Å². The molecule has 1 saturated carbocycles. The molecule has 16 heavy (non-hydrogen) atoms. The van der Waals surface area contributed by atoms with E-state index in [4.69, 9.17) is 5.21 Å². The number of oxime groups is 1. The Kier molecular flexibility index (Phi) is 4.65. The summed E-state index contributed by atoms with van der Waals surface area (Å²) < 4.78 is 0. The van der Waals surface area contributed by atoms with Gasteiger partial charge in [-0.05, 0) is 24.5 Å². The van der Waals surface area contributed by atoms with E-state index in [2.05, 4.69) is 17.4 Å². The van der Waals surface area contributed by atoms with Crippen LogP contribution in [0.3, 0.4) is 0 Å². The minimum atomic E-state index is -0.319. The molecular formula is C11H20N2O2S. The fourth-order valence-electron chi connectivity index (χ4n) is 2.56. The number of hydrogen-bond donors (Lipinski definition) is 2. The molecule has 0 aliphatic heterocycles. The summed E-state index contributed by atoms with van der Waals surface area (Å²) in [7, 11) is 1.63. The predicted octanol–water partition coefficient (Wildman–Crippen LogP) is 2.08. The first kappa shape index (κ1) is 13.4. The zero-order chi connectivity index (χ0) is 12.2. The summed E-state index contributed by atoms with van der Waals surface area (Å²) in [5.41, 5.74) is -0.0648. The zero-order valence-corrected chi connectivity index (χ0v) is 10.9. The van der Waals surface area contributed by atoms with E-state index in [0.717, 1.165) is 25.7 Å². The Hall–Kier alpha value is -0.710. The number of hydrogen-bond acceptors (Lipinski definition) is 4. The summed E-state index contributed by atoms with van der Waals surface area (Å²) in [6, 6.07) is 0. The molecule has 1 rings (SSSR count). The number of nitrogens with one attached hydrogen (secondary N) is 1. The van der Waals surface area contributed by atoms with Crippen LogP contribution in [0.15, 0.2) is 5.16 Å². The highest BCUT2D eigenvalue weighted by molar-refractivity contribution is 8.13. The largest absolute Gasteiger partial charge is 0.410 e. The van der Waals surface area contributed by atoms with E-state index in [1.54, 1.807) is 7.05 Å². The molecule has 1 aliphatic rings. The Labute approximate surface area is 101 Å². The van der Waals surface area contributed by atoms with Crippen molar-refractivity contribution in [2.24, 2.45) is 16.5 Å². The minimum Gasteiger partial charge on any atom is -0.410 e. The van der Waals surface area contributed by atoms with Crippen LogP contribution in [0.25, 0.3) is 0 Å². The van der Waals surface area contributed by atoms with Gasteiger partial charge in [0.2, 0.25) is 5.91 Å². The van der Waals surface area contributed by atoms with Crippen molar-refractivity contribution < 1.29 is 10.0 Å². The highest BCUT2D eigenvalue weighted by Gasteiger charge is 2.43. The van der Waals surface area contributed by atoms with E-state index in [1.165, 1.54) is 11.8 Å². The van der Waals surface area contributed by atoms with Gasteiger partial charge in [-0.2, -0.15) is 0 Å². The van der Waals surface area contributed by atoms with Gasteiger partial charge in [0.25, 0.3) is 0 Å². The second-order valence-corrected chi connectivity index (χ2v) is 5.38. The number of nitrogens with zero attached hydrogens (tertiary/aromatic N) is 1. The van der Waals surface area contributed by atoms with E-state index < -0.39 is 0 Å². The number of rotatable bonds is 3. The van der Waals surface area contributed by atoms with Crippen LogP contribution >= 0.6 is 11.8 Å². The normalized spacial score (nSPS) is 21.8. The third kappa shape index (κ3) is 2.51. The van der Waals surface area contributed by atoms with Gasteiger partial charge in [0.1, 0.15) is 5.04 Å². The molecule has 0 aromatic rings. The van der Waals surface area contributed by atoms with Crippen LogP contribution in [-0.2, 0) is 4.79 Å². The number of carbonyl (C=O) groups is 1. The zero-order valence-electron chi connectivity index (χ0n) is 10.1. The summed E-state index contributed by atoms with van der Waals surface area (Å²) in [5, 5.41) is 15.5. The predicted molar refractivity (Wildman–Crippen MR) is 66.9 cm³/mol. The van der Waals surface area contributed by atoms with Crippen molar-refractivity contribution in [3.63, 3.8) is 0 Å². The highest BCUT2D eigenvalue weighted by atomic mass is 32.2. The molecule has 0 saturated heterocycles. The average molecular weight is 244 g/mol. The fraction of sp³-hybridized carbons (Fsp3) is 0.818. The molecule has 0 spiro atoms. The van der Waals surface area contributed by atoms with E-state index in [-0.39, 0.29) is 17.2 Å². The fourth-order valence-corrected chi connectivity index (χ4v) is 3.27. The lowest BCUT2D eigenvalue weighted by atomic mass is 9.75. The Balaban J connectivity index is 2.99. The number of thioether (sulfide) groups is 1. The SMILES string of the molecule is CNC(=O)C(C(=NO)SC)C1(C)CCCC1. The first-order valence-corrected chi connectivity index (χ1v) is 6.79. The summed E-state index contributed by atoms with van der Waals surface area (Å²) in [6.07, 6.45) is 6.17. The van der Waals surface area contributed by atoms with Gasteiger partial charge in [-0.25, -0.2) is 0 Å². The lowest BCUT2D eigenvalue weighted by molar-refractivity contribution is -0.125. The maximum absolute atomic E-state index is 11.9. The molecule has 2 N–H and O–H groups in total.